The first-order valence-corrected chi connectivity index (χ1v) is 11.7. The van der Waals surface area contributed by atoms with Crippen LogP contribution in [0.2, 0.25) is 0 Å². The highest BCUT2D eigenvalue weighted by Crippen LogP contribution is 2.30. The lowest BCUT2D eigenvalue weighted by atomic mass is 9.95. The molecule has 2 aromatic rings. The summed E-state index contributed by atoms with van der Waals surface area (Å²) in [7, 11) is 0. The molecule has 31 heavy (non-hydrogen) atoms. The lowest BCUT2D eigenvalue weighted by Gasteiger charge is -2.29. The van der Waals surface area contributed by atoms with E-state index in [1.165, 1.54) is 67.7 Å². The number of carboxylic acid groups (broad SMARTS) is 1. The first kappa shape index (κ1) is 21.9. The average molecular weight is 430 g/mol. The van der Waals surface area contributed by atoms with Crippen LogP contribution in [-0.2, 0) is 0 Å². The number of carbonyl (C=O) groups is 1. The Labute approximate surface area is 181 Å². The molecule has 1 aromatic heterocycles. The van der Waals surface area contributed by atoms with Gasteiger partial charge in [0.25, 0.3) is 5.56 Å². The van der Waals surface area contributed by atoms with Gasteiger partial charge in [0.2, 0.25) is 5.69 Å². The molecule has 0 aliphatic heterocycles. The summed E-state index contributed by atoms with van der Waals surface area (Å²) >= 11 is 0. The third-order valence-corrected chi connectivity index (χ3v) is 6.89. The SMILES string of the molecule is O=C(O)c1nc2ccc(F)cc2n([C@H]2CCCC[C@H](NC3CCCCCCC3)C2)c1=O. The Morgan fingerprint density at radius 3 is 2.39 bits per heavy atom. The zero-order valence-electron chi connectivity index (χ0n) is 18.0. The fraction of sp³-hybridized carbons (Fsp3) is 0.625. The third-order valence-electron chi connectivity index (χ3n) is 6.89. The fourth-order valence-corrected chi connectivity index (χ4v) is 5.35. The molecule has 2 aliphatic carbocycles. The lowest BCUT2D eigenvalue weighted by Crippen LogP contribution is -2.40. The van der Waals surface area contributed by atoms with Crippen molar-refractivity contribution in [3.63, 3.8) is 0 Å². The van der Waals surface area contributed by atoms with E-state index in [-0.39, 0.29) is 12.1 Å². The van der Waals surface area contributed by atoms with Crippen molar-refractivity contribution in [2.75, 3.05) is 0 Å². The number of carboxylic acids is 1. The first-order chi connectivity index (χ1) is 15.0. The molecule has 2 saturated carbocycles. The molecular weight excluding hydrogens is 397 g/mol. The van der Waals surface area contributed by atoms with Gasteiger partial charge in [0.15, 0.2) is 0 Å². The van der Waals surface area contributed by atoms with Crippen molar-refractivity contribution < 1.29 is 14.3 Å². The van der Waals surface area contributed by atoms with Gasteiger partial charge in [-0.25, -0.2) is 14.2 Å². The predicted octanol–water partition coefficient (Wildman–Crippen LogP) is 4.81. The normalized spacial score (nSPS) is 23.8. The highest BCUT2D eigenvalue weighted by molar-refractivity contribution is 5.88. The van der Waals surface area contributed by atoms with E-state index in [2.05, 4.69) is 10.3 Å². The summed E-state index contributed by atoms with van der Waals surface area (Å²) in [5.74, 6) is -1.80. The molecule has 1 heterocycles. The van der Waals surface area contributed by atoms with E-state index in [0.29, 0.717) is 17.1 Å². The third kappa shape index (κ3) is 5.14. The second kappa shape index (κ2) is 9.90. The van der Waals surface area contributed by atoms with E-state index >= 15 is 0 Å². The van der Waals surface area contributed by atoms with Gasteiger partial charge >= 0.3 is 5.97 Å². The number of aromatic carboxylic acids is 1. The molecule has 0 unspecified atom stereocenters. The van der Waals surface area contributed by atoms with Gasteiger partial charge in [0.1, 0.15) is 5.82 Å². The molecule has 0 amide bonds. The first-order valence-electron chi connectivity index (χ1n) is 11.7. The summed E-state index contributed by atoms with van der Waals surface area (Å²) in [5, 5.41) is 13.4. The molecule has 0 radical (unpaired) electrons. The van der Waals surface area contributed by atoms with Crippen molar-refractivity contribution in [3.8, 4) is 0 Å². The number of halogens is 1. The number of aromatic nitrogens is 2. The number of nitrogens with zero attached hydrogens (tertiary/aromatic N) is 2. The summed E-state index contributed by atoms with van der Waals surface area (Å²) in [4.78, 5) is 28.8. The second-order valence-electron chi connectivity index (χ2n) is 9.15. The van der Waals surface area contributed by atoms with E-state index < -0.39 is 23.0 Å². The molecule has 2 aliphatic rings. The minimum Gasteiger partial charge on any atom is -0.476 e. The van der Waals surface area contributed by atoms with Gasteiger partial charge in [0.05, 0.1) is 11.0 Å². The number of rotatable bonds is 4. The standard InChI is InChI=1S/C24H32FN3O3/c25-16-12-13-20-21(14-16)28(23(29)22(27-20)24(30)31)19-11-7-6-10-18(15-19)26-17-8-4-2-1-3-5-9-17/h12-14,17-19,26H,1-11,15H2,(H,30,31)/t18-,19-/m0/s1. The molecule has 7 heteroatoms. The van der Waals surface area contributed by atoms with Gasteiger partial charge in [-0.05, 0) is 50.3 Å². The van der Waals surface area contributed by atoms with Crippen LogP contribution >= 0.6 is 0 Å². The molecule has 1 aromatic carbocycles. The molecule has 168 valence electrons. The van der Waals surface area contributed by atoms with Crippen LogP contribution in [0.3, 0.4) is 0 Å². The predicted molar refractivity (Wildman–Crippen MR) is 118 cm³/mol. The van der Waals surface area contributed by atoms with Gasteiger partial charge in [0, 0.05) is 18.1 Å². The van der Waals surface area contributed by atoms with Crippen molar-refractivity contribution in [1.82, 2.24) is 14.9 Å². The van der Waals surface area contributed by atoms with Crippen molar-refractivity contribution in [2.45, 2.75) is 95.2 Å². The Morgan fingerprint density at radius 1 is 1.00 bits per heavy atom. The maximum Gasteiger partial charge on any atom is 0.360 e. The minimum absolute atomic E-state index is 0.175. The molecule has 4 rings (SSSR count). The van der Waals surface area contributed by atoms with Crippen LogP contribution in [-0.4, -0.2) is 32.7 Å². The highest BCUT2D eigenvalue weighted by atomic mass is 19.1. The number of hydrogen-bond donors (Lipinski definition) is 2. The van der Waals surface area contributed by atoms with E-state index in [4.69, 9.17) is 0 Å². The molecule has 0 bridgehead atoms. The number of hydrogen-bond acceptors (Lipinski definition) is 4. The maximum atomic E-state index is 14.0. The summed E-state index contributed by atoms with van der Waals surface area (Å²) in [6.45, 7) is 0. The van der Waals surface area contributed by atoms with Crippen LogP contribution in [0.1, 0.15) is 93.6 Å². The Balaban J connectivity index is 1.65. The quantitative estimate of drug-likeness (QED) is 0.682. The van der Waals surface area contributed by atoms with Gasteiger partial charge < -0.3 is 15.0 Å². The molecule has 0 saturated heterocycles. The molecule has 2 fully saturated rings. The molecule has 6 nitrogen and oxygen atoms in total. The zero-order chi connectivity index (χ0) is 21.8. The van der Waals surface area contributed by atoms with Gasteiger partial charge in [-0.15, -0.1) is 0 Å². The van der Waals surface area contributed by atoms with Crippen molar-refractivity contribution in [1.29, 1.82) is 0 Å². The van der Waals surface area contributed by atoms with Gasteiger partial charge in [-0.2, -0.15) is 0 Å². The van der Waals surface area contributed by atoms with Crippen LogP contribution < -0.4 is 10.9 Å². The maximum absolute atomic E-state index is 14.0. The largest absolute Gasteiger partial charge is 0.476 e. The van der Waals surface area contributed by atoms with Crippen molar-refractivity contribution >= 4 is 17.0 Å². The van der Waals surface area contributed by atoms with Crippen molar-refractivity contribution in [2.24, 2.45) is 0 Å². The number of benzene rings is 1. The summed E-state index contributed by atoms with van der Waals surface area (Å²) in [6, 6.07) is 4.61. The van der Waals surface area contributed by atoms with Gasteiger partial charge in [-0.3, -0.25) is 4.79 Å². The Kier molecular flexibility index (Phi) is 7.00. The zero-order valence-corrected chi connectivity index (χ0v) is 18.0. The Bertz CT molecular complexity index is 982. The Hall–Kier alpha value is -2.28. The molecule has 0 spiro atoms. The average Bonchev–Trinajstić information content (AvgIpc) is 2.94. The van der Waals surface area contributed by atoms with Crippen molar-refractivity contribution in [3.05, 3.63) is 40.1 Å². The Morgan fingerprint density at radius 2 is 1.65 bits per heavy atom. The lowest BCUT2D eigenvalue weighted by molar-refractivity contribution is 0.0687. The van der Waals surface area contributed by atoms with Crippen LogP contribution in [0.4, 0.5) is 4.39 Å². The monoisotopic (exact) mass is 429 g/mol. The van der Waals surface area contributed by atoms with Crippen LogP contribution in [0.25, 0.3) is 11.0 Å². The molecule has 2 N–H and O–H groups in total. The van der Waals surface area contributed by atoms with Crippen LogP contribution in [0, 0.1) is 5.82 Å². The highest BCUT2D eigenvalue weighted by Gasteiger charge is 2.27. The van der Waals surface area contributed by atoms with E-state index in [1.54, 1.807) is 0 Å². The van der Waals surface area contributed by atoms with Crippen LogP contribution in [0.5, 0.6) is 0 Å². The number of nitrogens with one attached hydrogen (secondary N) is 1. The fourth-order valence-electron chi connectivity index (χ4n) is 5.35. The minimum atomic E-state index is -1.34. The summed E-state index contributed by atoms with van der Waals surface area (Å²) in [6.07, 6.45) is 13.4. The van der Waals surface area contributed by atoms with Gasteiger partial charge in [-0.1, -0.05) is 44.9 Å². The summed E-state index contributed by atoms with van der Waals surface area (Å²) in [5.41, 5.74) is -0.408. The smallest absolute Gasteiger partial charge is 0.360 e. The topological polar surface area (TPSA) is 84.2 Å². The number of fused-ring (bicyclic) bond motifs is 1. The van der Waals surface area contributed by atoms with Crippen LogP contribution in [0.15, 0.2) is 23.0 Å². The van der Waals surface area contributed by atoms with E-state index in [9.17, 15) is 19.1 Å². The summed E-state index contributed by atoms with van der Waals surface area (Å²) < 4.78 is 15.5. The molecular formula is C24H32FN3O3. The van der Waals surface area contributed by atoms with E-state index in [0.717, 1.165) is 32.1 Å². The van der Waals surface area contributed by atoms with E-state index in [1.807, 2.05) is 0 Å². The second-order valence-corrected chi connectivity index (χ2v) is 9.15. The molecule has 2 atom stereocenters.